The molecule has 46 heavy (non-hydrogen) atoms. The summed E-state index contributed by atoms with van der Waals surface area (Å²) in [6.45, 7) is 14.5. The molecule has 6 aliphatic rings. The number of ether oxygens (including phenoxy) is 3. The van der Waals surface area contributed by atoms with Crippen molar-refractivity contribution >= 4 is 0 Å². The fraction of sp³-hybridized carbons (Fsp3) is 1.00. The number of aliphatic hydroxyl groups excluding tert-OH is 6. The highest BCUT2D eigenvalue weighted by atomic mass is 16.7. The van der Waals surface area contributed by atoms with Gasteiger partial charge in [-0.1, -0.05) is 27.7 Å². The van der Waals surface area contributed by atoms with E-state index in [0.717, 1.165) is 44.9 Å². The molecule has 0 aromatic rings. The maximum absolute atomic E-state index is 12.2. The Morgan fingerprint density at radius 3 is 2.11 bits per heavy atom. The highest BCUT2D eigenvalue weighted by molar-refractivity contribution is 5.21. The van der Waals surface area contributed by atoms with Gasteiger partial charge in [0.15, 0.2) is 6.29 Å². The first kappa shape index (κ1) is 35.4. The zero-order valence-electron chi connectivity index (χ0n) is 29.1. The van der Waals surface area contributed by atoms with E-state index in [1.165, 1.54) is 0 Å². The van der Waals surface area contributed by atoms with Crippen LogP contribution in [-0.2, 0) is 14.2 Å². The molecule has 2 aliphatic heterocycles. The van der Waals surface area contributed by atoms with Gasteiger partial charge in [-0.25, -0.2) is 0 Å². The molecule has 0 radical (unpaired) electrons. The van der Waals surface area contributed by atoms with Crippen molar-refractivity contribution in [2.45, 2.75) is 166 Å². The molecular weight excluding hydrogens is 592 g/mol. The number of rotatable bonds is 6. The lowest BCUT2D eigenvalue weighted by atomic mass is 9.35. The minimum Gasteiger partial charge on any atom is -0.396 e. The Morgan fingerprint density at radius 2 is 1.50 bits per heavy atom. The van der Waals surface area contributed by atoms with Crippen LogP contribution in [0.15, 0.2) is 0 Å². The molecule has 10 heteroatoms. The van der Waals surface area contributed by atoms with Crippen LogP contribution in [0.3, 0.4) is 0 Å². The van der Waals surface area contributed by atoms with E-state index in [1.54, 1.807) is 13.8 Å². The second-order valence-electron chi connectivity index (χ2n) is 18.1. The third kappa shape index (κ3) is 4.94. The van der Waals surface area contributed by atoms with Crippen LogP contribution in [0.5, 0.6) is 0 Å². The molecule has 0 spiro atoms. The summed E-state index contributed by atoms with van der Waals surface area (Å²) in [6, 6.07) is 0. The summed E-state index contributed by atoms with van der Waals surface area (Å²) in [6.07, 6.45) is -0.208. The zero-order valence-corrected chi connectivity index (χ0v) is 29.1. The molecule has 6 rings (SSSR count). The Labute approximate surface area is 274 Å². The molecule has 7 N–H and O–H groups in total. The van der Waals surface area contributed by atoms with Gasteiger partial charge in [0.05, 0.1) is 36.1 Å². The van der Waals surface area contributed by atoms with Gasteiger partial charge in [-0.15, -0.1) is 0 Å². The smallest absolute Gasteiger partial charge is 0.186 e. The Morgan fingerprint density at radius 1 is 0.804 bits per heavy atom. The van der Waals surface area contributed by atoms with Crippen molar-refractivity contribution in [1.29, 1.82) is 0 Å². The first-order valence-corrected chi connectivity index (χ1v) is 18.0. The van der Waals surface area contributed by atoms with Crippen molar-refractivity contribution in [2.75, 3.05) is 13.2 Å². The normalized spacial score (nSPS) is 55.4. The standard InChI is InChI=1S/C36H62O10/c1-31(2)22-9-13-34(6)23(33(22,5)12-10-24(31)45-30-29(42)28(41)27(40)21(17-37)44-30)16-20(39)26-19(8-15-36(26,34)18-38)35(7)14-11-25(46-35)32(3,4)43/h19-30,37-43H,8-18H2,1-7H3/t19-,20+,21+,22-,23+,24-,25-,26-,27+,28-,29+,30-,33-,34+,35-,36-/m0/s1. The Bertz CT molecular complexity index is 1120. The highest BCUT2D eigenvalue weighted by Gasteiger charge is 2.73. The third-order valence-corrected chi connectivity index (χ3v) is 15.3. The van der Waals surface area contributed by atoms with E-state index in [9.17, 15) is 35.7 Å². The van der Waals surface area contributed by atoms with Crippen molar-refractivity contribution in [1.82, 2.24) is 0 Å². The summed E-state index contributed by atoms with van der Waals surface area (Å²) in [5.41, 5.74) is -2.47. The summed E-state index contributed by atoms with van der Waals surface area (Å²) in [4.78, 5) is 0. The van der Waals surface area contributed by atoms with E-state index in [-0.39, 0.29) is 58.7 Å². The first-order valence-electron chi connectivity index (χ1n) is 18.0. The van der Waals surface area contributed by atoms with Crippen LogP contribution < -0.4 is 0 Å². The summed E-state index contributed by atoms with van der Waals surface area (Å²) in [5, 5.41) is 75.4. The van der Waals surface area contributed by atoms with Crippen molar-refractivity contribution in [3.8, 4) is 0 Å². The molecule has 4 aliphatic carbocycles. The van der Waals surface area contributed by atoms with Gasteiger partial charge in [0.25, 0.3) is 0 Å². The molecule has 2 saturated heterocycles. The molecule has 6 fully saturated rings. The Balaban J connectivity index is 1.26. The summed E-state index contributed by atoms with van der Waals surface area (Å²) in [7, 11) is 0. The molecular formula is C36H62O10. The molecule has 0 bridgehead atoms. The predicted octanol–water partition coefficient (Wildman–Crippen LogP) is 2.51. The largest absolute Gasteiger partial charge is 0.396 e. The Kier molecular flexibility index (Phi) is 8.91. The molecule has 0 amide bonds. The van der Waals surface area contributed by atoms with Crippen LogP contribution in [0.4, 0.5) is 0 Å². The van der Waals surface area contributed by atoms with E-state index in [1.807, 2.05) is 0 Å². The lowest BCUT2D eigenvalue weighted by Gasteiger charge is -2.71. The van der Waals surface area contributed by atoms with Crippen molar-refractivity contribution in [3.05, 3.63) is 0 Å². The zero-order chi connectivity index (χ0) is 33.8. The highest BCUT2D eigenvalue weighted by Crippen LogP contribution is 2.76. The van der Waals surface area contributed by atoms with Gasteiger partial charge in [0, 0.05) is 12.0 Å². The van der Waals surface area contributed by atoms with Crippen molar-refractivity contribution < 1.29 is 50.0 Å². The molecule has 0 aromatic carbocycles. The average molecular weight is 655 g/mol. The number of fused-ring (bicyclic) bond motifs is 5. The molecule has 2 heterocycles. The van der Waals surface area contributed by atoms with Gasteiger partial charge < -0.3 is 50.0 Å². The topological polar surface area (TPSA) is 169 Å². The number of aliphatic hydroxyl groups is 7. The third-order valence-electron chi connectivity index (χ3n) is 15.3. The first-order chi connectivity index (χ1) is 21.3. The maximum Gasteiger partial charge on any atom is 0.186 e. The van der Waals surface area contributed by atoms with E-state index in [2.05, 4.69) is 34.6 Å². The lowest BCUT2D eigenvalue weighted by molar-refractivity contribution is -0.332. The van der Waals surface area contributed by atoms with Crippen LogP contribution >= 0.6 is 0 Å². The quantitative estimate of drug-likeness (QED) is 0.211. The van der Waals surface area contributed by atoms with Crippen LogP contribution in [0.25, 0.3) is 0 Å². The van der Waals surface area contributed by atoms with E-state index in [0.29, 0.717) is 12.8 Å². The second kappa shape index (κ2) is 11.6. The van der Waals surface area contributed by atoms with Gasteiger partial charge in [-0.2, -0.15) is 0 Å². The molecule has 16 atom stereocenters. The minimum atomic E-state index is -1.48. The SMILES string of the molecule is CC(C)(O)[C@@H]1CC[C@@](C)([C@H]2CC[C@]3(CO)[C@@H]2[C@H](O)C[C@@H]2[C@@]4(C)CC[C@H](O[C@@H]5O[C@H](CO)[C@@H](O)[C@H](O)[C@H]5O)C(C)(C)[C@@H]4CC[C@]23C)O1. The number of hydrogen-bond donors (Lipinski definition) is 7. The van der Waals surface area contributed by atoms with Crippen LogP contribution in [-0.4, -0.2) is 109 Å². The monoisotopic (exact) mass is 654 g/mol. The summed E-state index contributed by atoms with van der Waals surface area (Å²) in [5.74, 6) is 0.444. The molecule has 4 saturated carbocycles. The van der Waals surface area contributed by atoms with Crippen LogP contribution in [0.2, 0.25) is 0 Å². The Hall–Kier alpha value is -0.400. The average Bonchev–Trinajstić information content (AvgIpc) is 3.60. The predicted molar refractivity (Wildman–Crippen MR) is 169 cm³/mol. The molecule has 10 nitrogen and oxygen atoms in total. The van der Waals surface area contributed by atoms with Crippen molar-refractivity contribution in [3.63, 3.8) is 0 Å². The second-order valence-corrected chi connectivity index (χ2v) is 18.1. The van der Waals surface area contributed by atoms with Gasteiger partial charge in [-0.05, 0) is 118 Å². The maximum atomic E-state index is 12.2. The van der Waals surface area contributed by atoms with Crippen molar-refractivity contribution in [2.24, 2.45) is 45.3 Å². The van der Waals surface area contributed by atoms with E-state index >= 15 is 0 Å². The van der Waals surface area contributed by atoms with Gasteiger partial charge >= 0.3 is 0 Å². The van der Waals surface area contributed by atoms with Crippen LogP contribution in [0, 0.1) is 45.3 Å². The van der Waals surface area contributed by atoms with E-state index < -0.39 is 60.0 Å². The van der Waals surface area contributed by atoms with Gasteiger partial charge in [0.2, 0.25) is 0 Å². The molecule has 0 unspecified atom stereocenters. The summed E-state index contributed by atoms with van der Waals surface area (Å²) >= 11 is 0. The van der Waals surface area contributed by atoms with Gasteiger partial charge in [-0.3, -0.25) is 0 Å². The number of hydrogen-bond acceptors (Lipinski definition) is 10. The van der Waals surface area contributed by atoms with Gasteiger partial charge in [0.1, 0.15) is 24.4 Å². The minimum absolute atomic E-state index is 0.0379. The summed E-state index contributed by atoms with van der Waals surface area (Å²) < 4.78 is 18.8. The van der Waals surface area contributed by atoms with Crippen LogP contribution in [0.1, 0.15) is 106 Å². The fourth-order valence-corrected chi connectivity index (χ4v) is 12.8. The fourth-order valence-electron chi connectivity index (χ4n) is 12.8. The van der Waals surface area contributed by atoms with E-state index in [4.69, 9.17) is 14.2 Å². The molecule has 266 valence electrons. The molecule has 0 aromatic heterocycles. The lowest BCUT2D eigenvalue weighted by Crippen LogP contribution is -2.68.